The van der Waals surface area contributed by atoms with Crippen molar-refractivity contribution in [3.8, 4) is 11.3 Å². The molecule has 1 saturated heterocycles. The number of benzene rings is 2. The van der Waals surface area contributed by atoms with E-state index in [0.717, 1.165) is 56.8 Å². The van der Waals surface area contributed by atoms with Crippen LogP contribution >= 0.6 is 0 Å². The van der Waals surface area contributed by atoms with Gasteiger partial charge in [-0.3, -0.25) is 4.98 Å². The highest BCUT2D eigenvalue weighted by molar-refractivity contribution is 5.93. The van der Waals surface area contributed by atoms with E-state index in [2.05, 4.69) is 21.3 Å². The Morgan fingerprint density at radius 1 is 0.907 bits per heavy atom. The van der Waals surface area contributed by atoms with E-state index in [0.29, 0.717) is 34.2 Å². The molecule has 0 spiro atoms. The SMILES string of the molecule is CC(c1nc(Nc2ccc(C(F)(F)F)cc2)c2ccc(-c3ncccc3C(F)(F)F)cc2n1)N1CCCC2CCCC=C21. The van der Waals surface area contributed by atoms with E-state index in [-0.39, 0.29) is 17.3 Å². The van der Waals surface area contributed by atoms with Gasteiger partial charge in [-0.1, -0.05) is 12.1 Å². The number of rotatable bonds is 5. The van der Waals surface area contributed by atoms with Gasteiger partial charge in [-0.05, 0) is 93.5 Å². The Bertz CT molecular complexity index is 1660. The summed E-state index contributed by atoms with van der Waals surface area (Å²) in [6.07, 6.45) is -0.0385. The van der Waals surface area contributed by atoms with Gasteiger partial charge in [0.2, 0.25) is 0 Å². The van der Waals surface area contributed by atoms with Gasteiger partial charge < -0.3 is 10.2 Å². The number of anilines is 2. The van der Waals surface area contributed by atoms with Crippen molar-refractivity contribution >= 4 is 22.4 Å². The normalized spacial score (nSPS) is 18.3. The summed E-state index contributed by atoms with van der Waals surface area (Å²) in [5.74, 6) is 1.29. The van der Waals surface area contributed by atoms with Crippen LogP contribution < -0.4 is 5.32 Å². The fraction of sp³-hybridized carbons (Fsp3) is 0.344. The van der Waals surface area contributed by atoms with Gasteiger partial charge in [-0.15, -0.1) is 0 Å². The molecule has 0 radical (unpaired) electrons. The molecule has 2 unspecified atom stereocenters. The van der Waals surface area contributed by atoms with E-state index in [1.54, 1.807) is 12.1 Å². The van der Waals surface area contributed by atoms with Crippen molar-refractivity contribution in [2.75, 3.05) is 11.9 Å². The maximum atomic E-state index is 13.8. The zero-order chi connectivity index (χ0) is 30.4. The Labute approximate surface area is 244 Å². The van der Waals surface area contributed by atoms with Crippen molar-refractivity contribution in [1.29, 1.82) is 0 Å². The van der Waals surface area contributed by atoms with Gasteiger partial charge in [-0.2, -0.15) is 26.3 Å². The molecule has 0 saturated carbocycles. The molecule has 0 bridgehead atoms. The lowest BCUT2D eigenvalue weighted by atomic mass is 9.84. The number of alkyl halides is 6. The summed E-state index contributed by atoms with van der Waals surface area (Å²) in [7, 11) is 0. The van der Waals surface area contributed by atoms with Crippen molar-refractivity contribution in [1.82, 2.24) is 19.9 Å². The van der Waals surface area contributed by atoms with Crippen molar-refractivity contribution in [2.24, 2.45) is 5.92 Å². The van der Waals surface area contributed by atoms with Crippen LogP contribution in [0.1, 0.15) is 62.0 Å². The molecule has 2 aliphatic rings. The fourth-order valence-electron chi connectivity index (χ4n) is 6.09. The third-order valence-corrected chi connectivity index (χ3v) is 8.23. The van der Waals surface area contributed by atoms with E-state index in [1.165, 1.54) is 36.2 Å². The van der Waals surface area contributed by atoms with Gasteiger partial charge in [0.1, 0.15) is 5.82 Å². The Morgan fingerprint density at radius 3 is 2.42 bits per heavy atom. The third kappa shape index (κ3) is 5.89. The molecule has 43 heavy (non-hydrogen) atoms. The van der Waals surface area contributed by atoms with Gasteiger partial charge >= 0.3 is 12.4 Å². The van der Waals surface area contributed by atoms with Crippen molar-refractivity contribution in [2.45, 2.75) is 57.4 Å². The number of hydrogen-bond donors (Lipinski definition) is 1. The molecule has 11 heteroatoms. The molecule has 2 aromatic carbocycles. The minimum Gasteiger partial charge on any atom is -0.365 e. The lowest BCUT2D eigenvalue weighted by molar-refractivity contribution is -0.138. The summed E-state index contributed by atoms with van der Waals surface area (Å²) in [5.41, 5.74) is 0.453. The largest absolute Gasteiger partial charge is 0.418 e. The number of likely N-dealkylation sites (tertiary alicyclic amines) is 1. The molecule has 0 amide bonds. The van der Waals surface area contributed by atoms with Crippen LogP contribution in [0.5, 0.6) is 0 Å². The monoisotopic (exact) mass is 597 g/mol. The predicted molar refractivity (Wildman–Crippen MR) is 152 cm³/mol. The standard InChI is InChI=1S/C32H29F6N5/c1-19(43-17-5-7-20-6-2-3-9-27(20)43)29-41-26-18-21(28-25(32(36,37)38)8-4-16-39-28)10-15-24(26)30(42-29)40-23-13-11-22(12-14-23)31(33,34)35/h4,8-16,18-20H,2-3,5-7,17H2,1H3,(H,40,41,42). The first-order valence-corrected chi connectivity index (χ1v) is 14.2. The van der Waals surface area contributed by atoms with E-state index in [1.807, 2.05) is 6.92 Å². The highest BCUT2D eigenvalue weighted by Gasteiger charge is 2.35. The van der Waals surface area contributed by atoms with Crippen LogP contribution in [0.3, 0.4) is 0 Å². The second-order valence-corrected chi connectivity index (χ2v) is 11.0. The molecular formula is C32H29F6N5. The summed E-state index contributed by atoms with van der Waals surface area (Å²) in [4.78, 5) is 16.0. The lowest BCUT2D eigenvalue weighted by Crippen LogP contribution is -2.37. The summed E-state index contributed by atoms with van der Waals surface area (Å²) < 4.78 is 80.9. The summed E-state index contributed by atoms with van der Waals surface area (Å²) in [6.45, 7) is 2.83. The number of fused-ring (bicyclic) bond motifs is 2. The van der Waals surface area contributed by atoms with Crippen LogP contribution in [-0.4, -0.2) is 26.4 Å². The molecule has 4 aromatic rings. The number of hydrogen-bond acceptors (Lipinski definition) is 5. The van der Waals surface area contributed by atoms with Crippen LogP contribution in [0.4, 0.5) is 37.8 Å². The summed E-state index contributed by atoms with van der Waals surface area (Å²) in [6, 6.07) is 11.3. The second kappa shape index (κ2) is 11.2. The Kier molecular flexibility index (Phi) is 7.52. The average molecular weight is 598 g/mol. The van der Waals surface area contributed by atoms with E-state index in [9.17, 15) is 26.3 Å². The quantitative estimate of drug-likeness (QED) is 0.232. The minimum absolute atomic E-state index is 0.214. The first-order chi connectivity index (χ1) is 20.5. The minimum atomic E-state index is -4.60. The van der Waals surface area contributed by atoms with Crippen LogP contribution in [0.2, 0.25) is 0 Å². The van der Waals surface area contributed by atoms with Crippen LogP contribution in [0.25, 0.3) is 22.2 Å². The third-order valence-electron chi connectivity index (χ3n) is 8.23. The topological polar surface area (TPSA) is 53.9 Å². The molecule has 1 N–H and O–H groups in total. The van der Waals surface area contributed by atoms with Crippen LogP contribution in [0.15, 0.2) is 72.6 Å². The van der Waals surface area contributed by atoms with Gasteiger partial charge in [0, 0.05) is 35.1 Å². The first kappa shape index (κ1) is 28.9. The second-order valence-electron chi connectivity index (χ2n) is 11.0. The molecule has 5 nitrogen and oxygen atoms in total. The maximum Gasteiger partial charge on any atom is 0.418 e. The number of pyridine rings is 1. The number of nitrogens with zero attached hydrogens (tertiary/aromatic N) is 4. The van der Waals surface area contributed by atoms with Gasteiger partial charge in [0.15, 0.2) is 5.82 Å². The predicted octanol–water partition coefficient (Wildman–Crippen LogP) is 9.31. The number of piperidine rings is 1. The zero-order valence-corrected chi connectivity index (χ0v) is 23.3. The Hall–Kier alpha value is -4.15. The Morgan fingerprint density at radius 2 is 1.67 bits per heavy atom. The van der Waals surface area contributed by atoms with Crippen molar-refractivity contribution in [3.05, 3.63) is 89.5 Å². The van der Waals surface area contributed by atoms with E-state index < -0.39 is 23.5 Å². The molecule has 224 valence electrons. The number of halogens is 6. The number of nitrogens with one attached hydrogen (secondary N) is 1. The number of allylic oxidation sites excluding steroid dienone is 2. The van der Waals surface area contributed by atoms with Gasteiger partial charge in [0.05, 0.1) is 28.4 Å². The Balaban J connectivity index is 1.45. The zero-order valence-electron chi connectivity index (χ0n) is 23.3. The van der Waals surface area contributed by atoms with Gasteiger partial charge in [0.25, 0.3) is 0 Å². The fourth-order valence-corrected chi connectivity index (χ4v) is 6.09. The van der Waals surface area contributed by atoms with Gasteiger partial charge in [-0.25, -0.2) is 9.97 Å². The highest BCUT2D eigenvalue weighted by atomic mass is 19.4. The molecule has 1 aliphatic heterocycles. The average Bonchev–Trinajstić information content (AvgIpc) is 2.99. The molecule has 6 rings (SSSR count). The van der Waals surface area contributed by atoms with Crippen molar-refractivity contribution in [3.63, 3.8) is 0 Å². The van der Waals surface area contributed by atoms with Crippen molar-refractivity contribution < 1.29 is 26.3 Å². The number of aromatic nitrogens is 3. The molecule has 1 fully saturated rings. The first-order valence-electron chi connectivity index (χ1n) is 14.2. The maximum absolute atomic E-state index is 13.8. The van der Waals surface area contributed by atoms with E-state index >= 15 is 0 Å². The van der Waals surface area contributed by atoms with Crippen LogP contribution in [0, 0.1) is 5.92 Å². The van der Waals surface area contributed by atoms with E-state index in [4.69, 9.17) is 9.97 Å². The summed E-state index contributed by atoms with van der Waals surface area (Å²) in [5, 5.41) is 3.64. The molecule has 2 aromatic heterocycles. The highest BCUT2D eigenvalue weighted by Crippen LogP contribution is 2.41. The smallest absolute Gasteiger partial charge is 0.365 e. The molecule has 2 atom stereocenters. The molecule has 1 aliphatic carbocycles. The lowest BCUT2D eigenvalue weighted by Gasteiger charge is -2.42. The molecule has 3 heterocycles. The summed E-state index contributed by atoms with van der Waals surface area (Å²) >= 11 is 0. The van der Waals surface area contributed by atoms with Crippen LogP contribution in [-0.2, 0) is 12.4 Å². The molecular weight excluding hydrogens is 568 g/mol.